The van der Waals surface area contributed by atoms with Gasteiger partial charge in [-0.1, -0.05) is 12.8 Å². The van der Waals surface area contributed by atoms with Gasteiger partial charge < -0.3 is 9.73 Å². The van der Waals surface area contributed by atoms with E-state index in [2.05, 4.69) is 12.2 Å². The molecule has 0 bridgehead atoms. The van der Waals surface area contributed by atoms with Crippen molar-refractivity contribution in [3.8, 4) is 0 Å². The third-order valence-corrected chi connectivity index (χ3v) is 4.40. The van der Waals surface area contributed by atoms with Gasteiger partial charge in [0.15, 0.2) is 0 Å². The Balaban J connectivity index is 1.88. The van der Waals surface area contributed by atoms with Crippen LogP contribution >= 0.6 is 0 Å². The second kappa shape index (κ2) is 5.42. The number of nitrogens with two attached hydrogens (primary N) is 1. The molecule has 1 aliphatic rings. The summed E-state index contributed by atoms with van der Waals surface area (Å²) in [5.41, 5.74) is 0. The quantitative estimate of drug-likeness (QED) is 0.852. The van der Waals surface area contributed by atoms with Gasteiger partial charge in [-0.3, -0.25) is 0 Å². The molecule has 6 heteroatoms. The summed E-state index contributed by atoms with van der Waals surface area (Å²) < 4.78 is 27.3. The molecule has 5 nitrogen and oxygen atoms in total. The Morgan fingerprint density at radius 1 is 1.44 bits per heavy atom. The van der Waals surface area contributed by atoms with Crippen molar-refractivity contribution in [2.75, 3.05) is 0 Å². The van der Waals surface area contributed by atoms with Crippen molar-refractivity contribution in [2.45, 2.75) is 50.3 Å². The SMILES string of the molecule is C[C@H](NCc1ccc(S(N)(=O)=O)o1)C1CCCC1. The van der Waals surface area contributed by atoms with E-state index < -0.39 is 10.0 Å². The Bertz CT molecular complexity index is 489. The van der Waals surface area contributed by atoms with Gasteiger partial charge in [-0.2, -0.15) is 0 Å². The van der Waals surface area contributed by atoms with E-state index in [0.29, 0.717) is 18.3 Å². The molecule has 0 radical (unpaired) electrons. The minimum Gasteiger partial charge on any atom is -0.447 e. The van der Waals surface area contributed by atoms with Crippen LogP contribution in [0.1, 0.15) is 38.4 Å². The third kappa shape index (κ3) is 3.34. The Hall–Kier alpha value is -0.850. The lowest BCUT2D eigenvalue weighted by Gasteiger charge is -2.19. The van der Waals surface area contributed by atoms with Gasteiger partial charge in [0, 0.05) is 6.04 Å². The molecule has 102 valence electrons. The Kier molecular flexibility index (Phi) is 4.09. The van der Waals surface area contributed by atoms with Gasteiger partial charge in [-0.05, 0) is 37.8 Å². The van der Waals surface area contributed by atoms with Crippen LogP contribution in [-0.2, 0) is 16.6 Å². The molecule has 0 spiro atoms. The lowest BCUT2D eigenvalue weighted by atomic mass is 10.00. The summed E-state index contributed by atoms with van der Waals surface area (Å²) in [6.07, 6.45) is 5.17. The van der Waals surface area contributed by atoms with Crippen LogP contribution in [0.3, 0.4) is 0 Å². The maximum Gasteiger partial charge on any atom is 0.271 e. The van der Waals surface area contributed by atoms with E-state index in [1.54, 1.807) is 6.07 Å². The molecule has 0 aromatic carbocycles. The monoisotopic (exact) mass is 272 g/mol. The standard InChI is InChI=1S/C12H20N2O3S/c1-9(10-4-2-3-5-10)14-8-11-6-7-12(17-11)18(13,15)16/h6-7,9-10,14H,2-5,8H2,1H3,(H2,13,15,16)/t9-/m0/s1. The highest BCUT2D eigenvalue weighted by Gasteiger charge is 2.21. The second-order valence-electron chi connectivity index (χ2n) is 4.98. The van der Waals surface area contributed by atoms with Crippen molar-refractivity contribution in [3.05, 3.63) is 17.9 Å². The number of furan rings is 1. The summed E-state index contributed by atoms with van der Waals surface area (Å²) in [6.45, 7) is 2.70. The summed E-state index contributed by atoms with van der Waals surface area (Å²) >= 11 is 0. The fraction of sp³-hybridized carbons (Fsp3) is 0.667. The number of hydrogen-bond donors (Lipinski definition) is 2. The van der Waals surface area contributed by atoms with E-state index >= 15 is 0 Å². The maximum absolute atomic E-state index is 11.1. The molecule has 1 saturated carbocycles. The average Bonchev–Trinajstić information content (AvgIpc) is 2.96. The zero-order chi connectivity index (χ0) is 13.2. The van der Waals surface area contributed by atoms with Crippen LogP contribution in [0.15, 0.2) is 21.6 Å². The van der Waals surface area contributed by atoms with E-state index in [1.165, 1.54) is 31.7 Å². The summed E-state index contributed by atoms with van der Waals surface area (Å²) in [7, 11) is -3.73. The molecule has 1 heterocycles. The van der Waals surface area contributed by atoms with E-state index in [0.717, 1.165) is 5.92 Å². The smallest absolute Gasteiger partial charge is 0.271 e. The fourth-order valence-electron chi connectivity index (χ4n) is 2.49. The number of hydrogen-bond acceptors (Lipinski definition) is 4. The van der Waals surface area contributed by atoms with Crippen molar-refractivity contribution in [2.24, 2.45) is 11.1 Å². The van der Waals surface area contributed by atoms with Crippen molar-refractivity contribution >= 4 is 10.0 Å². The van der Waals surface area contributed by atoms with E-state index in [4.69, 9.17) is 9.56 Å². The van der Waals surface area contributed by atoms with Crippen LogP contribution in [0.25, 0.3) is 0 Å². The predicted octanol–water partition coefficient (Wildman–Crippen LogP) is 1.60. The topological polar surface area (TPSA) is 85.3 Å². The first-order valence-electron chi connectivity index (χ1n) is 6.32. The molecule has 0 amide bonds. The summed E-state index contributed by atoms with van der Waals surface area (Å²) in [6, 6.07) is 3.47. The molecule has 0 aliphatic heterocycles. The molecule has 18 heavy (non-hydrogen) atoms. The highest BCUT2D eigenvalue weighted by molar-refractivity contribution is 7.89. The molecule has 1 aliphatic carbocycles. The van der Waals surface area contributed by atoms with Crippen molar-refractivity contribution in [1.82, 2.24) is 5.32 Å². The highest BCUT2D eigenvalue weighted by Crippen LogP contribution is 2.27. The molecule has 1 fully saturated rings. The van der Waals surface area contributed by atoms with Crippen LogP contribution < -0.4 is 10.5 Å². The molecule has 1 atom stereocenters. The van der Waals surface area contributed by atoms with Gasteiger partial charge >= 0.3 is 0 Å². The summed E-state index contributed by atoms with van der Waals surface area (Å²) in [5.74, 6) is 1.32. The van der Waals surface area contributed by atoms with Gasteiger partial charge in [0.05, 0.1) is 6.54 Å². The van der Waals surface area contributed by atoms with Gasteiger partial charge in [0.1, 0.15) is 5.76 Å². The van der Waals surface area contributed by atoms with Crippen LogP contribution in [0, 0.1) is 5.92 Å². The Morgan fingerprint density at radius 2 is 2.11 bits per heavy atom. The minimum atomic E-state index is -3.73. The number of primary sulfonamides is 1. The minimum absolute atomic E-state index is 0.173. The molecular weight excluding hydrogens is 252 g/mol. The van der Waals surface area contributed by atoms with Crippen LogP contribution in [0.5, 0.6) is 0 Å². The van der Waals surface area contributed by atoms with E-state index in [-0.39, 0.29) is 5.09 Å². The number of rotatable bonds is 5. The molecular formula is C12H20N2O3S. The zero-order valence-corrected chi connectivity index (χ0v) is 11.4. The predicted molar refractivity (Wildman–Crippen MR) is 68.3 cm³/mol. The van der Waals surface area contributed by atoms with Crippen LogP contribution in [-0.4, -0.2) is 14.5 Å². The largest absolute Gasteiger partial charge is 0.447 e. The van der Waals surface area contributed by atoms with E-state index in [1.807, 2.05) is 0 Å². The summed E-state index contributed by atoms with van der Waals surface area (Å²) in [4.78, 5) is 0. The van der Waals surface area contributed by atoms with Crippen molar-refractivity contribution < 1.29 is 12.8 Å². The molecule has 2 rings (SSSR count). The molecule has 1 aromatic rings. The molecule has 0 unspecified atom stereocenters. The van der Waals surface area contributed by atoms with Gasteiger partial charge in [0.2, 0.25) is 5.09 Å². The fourth-order valence-corrected chi connectivity index (χ4v) is 2.97. The van der Waals surface area contributed by atoms with Crippen LogP contribution in [0.2, 0.25) is 0 Å². The number of sulfonamides is 1. The Labute approximate surface area is 108 Å². The normalized spacial score (nSPS) is 19.2. The van der Waals surface area contributed by atoms with Gasteiger partial charge in [-0.15, -0.1) is 0 Å². The first-order valence-corrected chi connectivity index (χ1v) is 7.86. The molecule has 1 aromatic heterocycles. The molecule has 0 saturated heterocycles. The average molecular weight is 272 g/mol. The zero-order valence-electron chi connectivity index (χ0n) is 10.6. The summed E-state index contributed by atoms with van der Waals surface area (Å²) in [5, 5.41) is 8.19. The molecule has 3 N–H and O–H groups in total. The number of nitrogens with one attached hydrogen (secondary N) is 1. The first-order chi connectivity index (χ1) is 8.47. The second-order valence-corrected chi connectivity index (χ2v) is 6.47. The van der Waals surface area contributed by atoms with Crippen molar-refractivity contribution in [3.63, 3.8) is 0 Å². The maximum atomic E-state index is 11.1. The van der Waals surface area contributed by atoms with Gasteiger partial charge in [-0.25, -0.2) is 13.6 Å². The Morgan fingerprint density at radius 3 is 2.67 bits per heavy atom. The lowest BCUT2D eigenvalue weighted by molar-refractivity contribution is 0.347. The van der Waals surface area contributed by atoms with Crippen LogP contribution in [0.4, 0.5) is 0 Å². The first kappa shape index (κ1) is 13.6. The van der Waals surface area contributed by atoms with E-state index in [9.17, 15) is 8.42 Å². The third-order valence-electron chi connectivity index (χ3n) is 3.62. The van der Waals surface area contributed by atoms with Crippen molar-refractivity contribution in [1.29, 1.82) is 0 Å². The lowest BCUT2D eigenvalue weighted by Crippen LogP contribution is -2.31. The highest BCUT2D eigenvalue weighted by atomic mass is 32.2. The van der Waals surface area contributed by atoms with Gasteiger partial charge in [0.25, 0.3) is 10.0 Å².